The van der Waals surface area contributed by atoms with Gasteiger partial charge in [0.1, 0.15) is 4.88 Å². The van der Waals surface area contributed by atoms with E-state index in [9.17, 15) is 9.59 Å². The van der Waals surface area contributed by atoms with Crippen molar-refractivity contribution in [3.8, 4) is 22.0 Å². The molecule has 1 fully saturated rings. The Labute approximate surface area is 165 Å². The number of furan rings is 1. The number of aromatic nitrogens is 1. The maximum Gasteiger partial charge on any atom is 0.306 e. The van der Waals surface area contributed by atoms with Gasteiger partial charge in [-0.2, -0.15) is 0 Å². The number of hydrogen-bond acceptors (Lipinski definition) is 6. The topological polar surface area (TPSA) is 92.9 Å². The van der Waals surface area contributed by atoms with Gasteiger partial charge in [0.05, 0.1) is 31.1 Å². The van der Waals surface area contributed by atoms with Crippen molar-refractivity contribution in [2.24, 2.45) is 0 Å². The van der Waals surface area contributed by atoms with Crippen molar-refractivity contribution in [2.45, 2.75) is 12.5 Å². The second kappa shape index (κ2) is 7.95. The van der Waals surface area contributed by atoms with Gasteiger partial charge in [0.2, 0.25) is 0 Å². The number of carboxylic acid groups (broad SMARTS) is 1. The van der Waals surface area contributed by atoms with E-state index in [0.717, 1.165) is 5.56 Å². The Morgan fingerprint density at radius 3 is 2.75 bits per heavy atom. The normalized spacial score (nSPS) is 16.9. The summed E-state index contributed by atoms with van der Waals surface area (Å²) in [5, 5.41) is 9.63. The van der Waals surface area contributed by atoms with Crippen LogP contribution in [-0.4, -0.2) is 52.7 Å². The minimum absolute atomic E-state index is 0.129. The zero-order valence-corrected chi connectivity index (χ0v) is 15.7. The van der Waals surface area contributed by atoms with Gasteiger partial charge in [0, 0.05) is 18.7 Å². The van der Waals surface area contributed by atoms with Crippen molar-refractivity contribution in [3.63, 3.8) is 0 Å². The van der Waals surface area contributed by atoms with E-state index >= 15 is 0 Å². The molecule has 1 aliphatic heterocycles. The molecular formula is C20H18N2O5S. The minimum atomic E-state index is -0.942. The van der Waals surface area contributed by atoms with Crippen molar-refractivity contribution in [1.29, 1.82) is 0 Å². The number of ether oxygens (including phenoxy) is 1. The number of carboxylic acids is 1. The van der Waals surface area contributed by atoms with Crippen molar-refractivity contribution < 1.29 is 23.8 Å². The van der Waals surface area contributed by atoms with E-state index in [2.05, 4.69) is 4.98 Å². The van der Waals surface area contributed by atoms with Crippen molar-refractivity contribution in [2.75, 3.05) is 19.7 Å². The van der Waals surface area contributed by atoms with Crippen molar-refractivity contribution in [1.82, 2.24) is 9.88 Å². The first-order valence-corrected chi connectivity index (χ1v) is 9.66. The summed E-state index contributed by atoms with van der Waals surface area (Å²) in [5.41, 5.74) is 1.44. The molecule has 7 nitrogen and oxygen atoms in total. The molecule has 8 heteroatoms. The Balaban J connectivity index is 1.67. The third-order valence-corrected chi connectivity index (χ3v) is 5.49. The molecule has 1 aromatic carbocycles. The van der Waals surface area contributed by atoms with E-state index in [1.165, 1.54) is 11.3 Å². The van der Waals surface area contributed by atoms with Crippen LogP contribution in [0, 0.1) is 0 Å². The smallest absolute Gasteiger partial charge is 0.306 e. The lowest BCUT2D eigenvalue weighted by Crippen LogP contribution is -2.46. The van der Waals surface area contributed by atoms with E-state index < -0.39 is 12.1 Å². The van der Waals surface area contributed by atoms with Gasteiger partial charge in [-0.15, -0.1) is 11.3 Å². The molecule has 1 aliphatic rings. The number of thiazole rings is 1. The number of nitrogens with zero attached hydrogens (tertiary/aromatic N) is 2. The first-order valence-electron chi connectivity index (χ1n) is 8.84. The van der Waals surface area contributed by atoms with Gasteiger partial charge >= 0.3 is 5.97 Å². The van der Waals surface area contributed by atoms with E-state index in [1.54, 1.807) is 23.3 Å². The fourth-order valence-corrected chi connectivity index (χ4v) is 4.15. The van der Waals surface area contributed by atoms with Crippen LogP contribution in [0.2, 0.25) is 0 Å². The highest BCUT2D eigenvalue weighted by Gasteiger charge is 2.30. The predicted molar refractivity (Wildman–Crippen MR) is 103 cm³/mol. The Morgan fingerprint density at radius 2 is 2.04 bits per heavy atom. The van der Waals surface area contributed by atoms with E-state index in [0.29, 0.717) is 34.5 Å². The van der Waals surface area contributed by atoms with Gasteiger partial charge in [-0.3, -0.25) is 9.59 Å². The van der Waals surface area contributed by atoms with Crippen LogP contribution in [0.4, 0.5) is 0 Å². The fraction of sp³-hybridized carbons (Fsp3) is 0.250. The highest BCUT2D eigenvalue weighted by molar-refractivity contribution is 7.17. The number of rotatable bonds is 5. The van der Waals surface area contributed by atoms with Crippen molar-refractivity contribution in [3.05, 3.63) is 53.6 Å². The molecule has 3 aromatic rings. The number of benzene rings is 1. The Bertz CT molecular complexity index is 968. The zero-order chi connectivity index (χ0) is 19.5. The maximum absolute atomic E-state index is 13.3. The molecule has 28 heavy (non-hydrogen) atoms. The Hall–Kier alpha value is -2.97. The minimum Gasteiger partial charge on any atom is -0.481 e. The number of aliphatic carboxylic acids is 1. The second-order valence-electron chi connectivity index (χ2n) is 6.38. The molecule has 0 bridgehead atoms. The van der Waals surface area contributed by atoms with Crippen LogP contribution in [0.1, 0.15) is 16.1 Å². The molecule has 2 aromatic heterocycles. The summed E-state index contributed by atoms with van der Waals surface area (Å²) in [4.78, 5) is 31.1. The molecule has 144 valence electrons. The lowest BCUT2D eigenvalue weighted by atomic mass is 10.1. The molecule has 4 rings (SSSR count). The van der Waals surface area contributed by atoms with Crippen LogP contribution >= 0.6 is 11.3 Å². The van der Waals surface area contributed by atoms with Gasteiger partial charge in [-0.1, -0.05) is 30.3 Å². The van der Waals surface area contributed by atoms with Crippen LogP contribution < -0.4 is 0 Å². The van der Waals surface area contributed by atoms with Gasteiger partial charge in [0.15, 0.2) is 10.8 Å². The first kappa shape index (κ1) is 18.4. The van der Waals surface area contributed by atoms with Gasteiger partial charge in [-0.25, -0.2) is 4.98 Å². The monoisotopic (exact) mass is 398 g/mol. The molecule has 1 amide bonds. The molecule has 1 saturated heterocycles. The summed E-state index contributed by atoms with van der Waals surface area (Å²) >= 11 is 1.28. The molecule has 3 heterocycles. The highest BCUT2D eigenvalue weighted by Crippen LogP contribution is 2.35. The molecule has 0 aliphatic carbocycles. The lowest BCUT2D eigenvalue weighted by molar-refractivity contribution is -0.141. The van der Waals surface area contributed by atoms with Gasteiger partial charge < -0.3 is 19.2 Å². The SMILES string of the molecule is O=C(O)C[C@@H]1CN(C(=O)c2sc(-c3ccco3)nc2-c2ccccc2)CCO1. The van der Waals surface area contributed by atoms with Crippen LogP contribution in [0.25, 0.3) is 22.0 Å². The molecule has 0 saturated carbocycles. The predicted octanol–water partition coefficient (Wildman–Crippen LogP) is 3.39. The molecule has 0 radical (unpaired) electrons. The summed E-state index contributed by atoms with van der Waals surface area (Å²) in [7, 11) is 0. The van der Waals surface area contributed by atoms with Gasteiger partial charge in [-0.05, 0) is 12.1 Å². The van der Waals surface area contributed by atoms with E-state index in [1.807, 2.05) is 30.3 Å². The summed E-state index contributed by atoms with van der Waals surface area (Å²) in [6.45, 7) is 0.971. The van der Waals surface area contributed by atoms with Crippen LogP contribution in [0.3, 0.4) is 0 Å². The standard InChI is InChI=1S/C20H18N2O5S/c23-16(24)11-14-12-22(8-10-26-14)20(25)18-17(13-5-2-1-3-6-13)21-19(28-18)15-7-4-9-27-15/h1-7,9,14H,8,10-12H2,(H,23,24)/t14-/m1/s1. The molecule has 1 atom stereocenters. The van der Waals surface area contributed by atoms with Crippen molar-refractivity contribution >= 4 is 23.2 Å². The molecule has 0 unspecified atom stereocenters. The Kier molecular flexibility index (Phi) is 5.23. The maximum atomic E-state index is 13.3. The van der Waals surface area contributed by atoms with E-state index in [4.69, 9.17) is 14.3 Å². The average Bonchev–Trinajstić information content (AvgIpc) is 3.37. The lowest BCUT2D eigenvalue weighted by Gasteiger charge is -2.32. The third-order valence-electron chi connectivity index (χ3n) is 4.43. The second-order valence-corrected chi connectivity index (χ2v) is 7.38. The molecular weight excluding hydrogens is 380 g/mol. The molecule has 0 spiro atoms. The fourth-order valence-electron chi connectivity index (χ4n) is 3.13. The number of morpholine rings is 1. The molecule has 1 N–H and O–H groups in total. The van der Waals surface area contributed by atoms with Crippen LogP contribution in [-0.2, 0) is 9.53 Å². The van der Waals surface area contributed by atoms with Crippen LogP contribution in [0.15, 0.2) is 53.1 Å². The average molecular weight is 398 g/mol. The quantitative estimate of drug-likeness (QED) is 0.708. The van der Waals surface area contributed by atoms with Crippen LogP contribution in [0.5, 0.6) is 0 Å². The first-order chi connectivity index (χ1) is 13.6. The van der Waals surface area contributed by atoms with Gasteiger partial charge in [0.25, 0.3) is 5.91 Å². The number of carbonyl (C=O) groups is 2. The zero-order valence-electron chi connectivity index (χ0n) is 14.9. The number of carbonyl (C=O) groups excluding carboxylic acids is 1. The highest BCUT2D eigenvalue weighted by atomic mass is 32.1. The summed E-state index contributed by atoms with van der Waals surface area (Å²) in [6, 6.07) is 13.1. The van der Waals surface area contributed by atoms with E-state index in [-0.39, 0.29) is 18.9 Å². The summed E-state index contributed by atoms with van der Waals surface area (Å²) < 4.78 is 10.9. The Morgan fingerprint density at radius 1 is 1.21 bits per heavy atom. The number of hydrogen-bond donors (Lipinski definition) is 1. The largest absolute Gasteiger partial charge is 0.481 e. The summed E-state index contributed by atoms with van der Waals surface area (Å²) in [5.74, 6) is -0.512. The summed E-state index contributed by atoms with van der Waals surface area (Å²) in [6.07, 6.45) is 0.932. The third kappa shape index (κ3) is 3.83. The number of amides is 1.